The van der Waals surface area contributed by atoms with Gasteiger partial charge in [0, 0.05) is 5.02 Å². The van der Waals surface area contributed by atoms with Gasteiger partial charge in [0.2, 0.25) is 0 Å². The van der Waals surface area contributed by atoms with Gasteiger partial charge in [0.05, 0.1) is 6.42 Å². The lowest BCUT2D eigenvalue weighted by Gasteiger charge is -2.11. The second-order valence-electron chi connectivity index (χ2n) is 4.62. The van der Waals surface area contributed by atoms with Gasteiger partial charge in [0.15, 0.2) is 0 Å². The molecule has 0 N–H and O–H groups in total. The lowest BCUT2D eigenvalue weighted by atomic mass is 10.1. The molecule has 4 heteroatoms. The maximum atomic E-state index is 11.6. The Labute approximate surface area is 112 Å². The molecular formula is C13H15ClO2S. The van der Waals surface area contributed by atoms with Crippen molar-refractivity contribution in [3.8, 4) is 0 Å². The van der Waals surface area contributed by atoms with Crippen LogP contribution < -0.4 is 0 Å². The Morgan fingerprint density at radius 1 is 1.35 bits per heavy atom. The molecule has 0 spiro atoms. The van der Waals surface area contributed by atoms with E-state index in [1.807, 2.05) is 12.1 Å². The van der Waals surface area contributed by atoms with E-state index in [4.69, 9.17) is 16.3 Å². The molecule has 17 heavy (non-hydrogen) atoms. The number of hydrogen-bond acceptors (Lipinski definition) is 3. The van der Waals surface area contributed by atoms with E-state index in [2.05, 4.69) is 12.6 Å². The summed E-state index contributed by atoms with van der Waals surface area (Å²) in [5.41, 5.74) is 1.08. The second-order valence-corrected chi connectivity index (χ2v) is 5.37. The zero-order chi connectivity index (χ0) is 12.3. The summed E-state index contributed by atoms with van der Waals surface area (Å²) in [6, 6.07) is 7.31. The number of carbonyl (C=O) groups is 1. The summed E-state index contributed by atoms with van der Waals surface area (Å²) in [6.07, 6.45) is 2.67. The molecule has 0 radical (unpaired) electrons. The number of ether oxygens (including phenoxy) is 1. The van der Waals surface area contributed by atoms with E-state index in [1.165, 1.54) is 0 Å². The molecule has 1 fully saturated rings. The van der Waals surface area contributed by atoms with Gasteiger partial charge in [-0.1, -0.05) is 23.7 Å². The minimum atomic E-state index is -0.133. The van der Waals surface area contributed by atoms with E-state index in [9.17, 15) is 4.79 Å². The Morgan fingerprint density at radius 2 is 2.00 bits per heavy atom. The fraction of sp³-hybridized carbons (Fsp3) is 0.462. The van der Waals surface area contributed by atoms with Gasteiger partial charge in [-0.05, 0) is 41.7 Å². The van der Waals surface area contributed by atoms with Crippen LogP contribution in [0.2, 0.25) is 5.02 Å². The summed E-state index contributed by atoms with van der Waals surface area (Å²) in [6.45, 7) is 0.318. The smallest absolute Gasteiger partial charge is 0.306 e. The normalized spacial score (nSPS) is 16.6. The highest BCUT2D eigenvalue weighted by atomic mass is 35.5. The zero-order valence-corrected chi connectivity index (χ0v) is 11.1. The first-order chi connectivity index (χ1) is 8.13. The molecule has 0 bridgehead atoms. The largest absolute Gasteiger partial charge is 0.461 e. The van der Waals surface area contributed by atoms with E-state index < -0.39 is 0 Å². The summed E-state index contributed by atoms with van der Waals surface area (Å²) in [5, 5.41) is 0.687. The molecule has 1 saturated carbocycles. The van der Waals surface area contributed by atoms with Crippen LogP contribution in [0.1, 0.15) is 24.8 Å². The Hall–Kier alpha value is -0.670. The lowest BCUT2D eigenvalue weighted by molar-refractivity contribution is -0.146. The Bertz CT molecular complexity index is 398. The van der Waals surface area contributed by atoms with Crippen molar-refractivity contribution in [2.45, 2.75) is 25.9 Å². The molecule has 1 aromatic carbocycles. The third-order valence-corrected chi connectivity index (χ3v) is 4.05. The van der Waals surface area contributed by atoms with Crippen LogP contribution in [0.3, 0.4) is 0 Å². The lowest BCUT2D eigenvalue weighted by Crippen LogP contribution is -2.13. The average molecular weight is 271 g/mol. The number of hydrogen-bond donors (Lipinski definition) is 1. The van der Waals surface area contributed by atoms with Crippen molar-refractivity contribution in [2.75, 3.05) is 5.75 Å². The topological polar surface area (TPSA) is 26.3 Å². The molecule has 1 aliphatic rings. The molecule has 0 unspecified atom stereocenters. The molecule has 1 aliphatic carbocycles. The fourth-order valence-electron chi connectivity index (χ4n) is 1.67. The van der Waals surface area contributed by atoms with Crippen LogP contribution in [0, 0.1) is 5.41 Å². The summed E-state index contributed by atoms with van der Waals surface area (Å²) in [7, 11) is 0. The minimum Gasteiger partial charge on any atom is -0.461 e. The van der Waals surface area contributed by atoms with Gasteiger partial charge in [-0.15, -0.1) is 0 Å². The molecule has 0 amide bonds. The third kappa shape index (κ3) is 3.65. The molecule has 1 aromatic rings. The summed E-state index contributed by atoms with van der Waals surface area (Å²) in [4.78, 5) is 11.6. The summed E-state index contributed by atoms with van der Waals surface area (Å²) >= 11 is 10.0. The van der Waals surface area contributed by atoms with Crippen LogP contribution in [-0.4, -0.2) is 11.7 Å². The number of esters is 1. The van der Waals surface area contributed by atoms with Gasteiger partial charge in [0.1, 0.15) is 6.61 Å². The predicted molar refractivity (Wildman–Crippen MR) is 71.4 cm³/mol. The predicted octanol–water partition coefficient (Wildman–Crippen LogP) is 3.48. The maximum Gasteiger partial charge on any atom is 0.306 e. The van der Waals surface area contributed by atoms with Crippen molar-refractivity contribution in [1.29, 1.82) is 0 Å². The Kier molecular flexibility index (Phi) is 4.00. The molecule has 0 atom stereocenters. The van der Waals surface area contributed by atoms with Gasteiger partial charge >= 0.3 is 5.97 Å². The number of thiol groups is 1. The monoisotopic (exact) mass is 270 g/mol. The number of benzene rings is 1. The minimum absolute atomic E-state index is 0.125. The summed E-state index contributed by atoms with van der Waals surface area (Å²) in [5.74, 6) is 0.634. The third-order valence-electron chi connectivity index (χ3n) is 3.12. The first kappa shape index (κ1) is 12.8. The van der Waals surface area contributed by atoms with Crippen molar-refractivity contribution in [1.82, 2.24) is 0 Å². The quantitative estimate of drug-likeness (QED) is 0.655. The molecule has 0 aliphatic heterocycles. The van der Waals surface area contributed by atoms with Gasteiger partial charge in [0.25, 0.3) is 0 Å². The Morgan fingerprint density at radius 3 is 2.53 bits per heavy atom. The molecule has 92 valence electrons. The van der Waals surface area contributed by atoms with E-state index in [0.717, 1.165) is 24.2 Å². The number of halogens is 1. The molecule has 0 heterocycles. The molecule has 0 saturated heterocycles. The van der Waals surface area contributed by atoms with Crippen molar-refractivity contribution in [2.24, 2.45) is 5.41 Å². The summed E-state index contributed by atoms with van der Waals surface area (Å²) < 4.78 is 5.23. The standard InChI is InChI=1S/C13H15ClO2S/c14-11-3-1-10(2-4-11)8-16-12(15)7-13(9-17)5-6-13/h1-4,17H,5-9H2. The zero-order valence-electron chi connectivity index (χ0n) is 9.49. The average Bonchev–Trinajstić information content (AvgIpc) is 3.09. The van der Waals surface area contributed by atoms with E-state index >= 15 is 0 Å². The van der Waals surface area contributed by atoms with E-state index in [-0.39, 0.29) is 11.4 Å². The molecule has 2 rings (SSSR count). The van der Waals surface area contributed by atoms with Crippen LogP contribution in [0.4, 0.5) is 0 Å². The molecule has 0 aromatic heterocycles. The SMILES string of the molecule is O=C(CC1(CS)CC1)OCc1ccc(Cl)cc1. The fourth-order valence-corrected chi connectivity index (χ4v) is 2.22. The van der Waals surface area contributed by atoms with Crippen LogP contribution in [0.15, 0.2) is 24.3 Å². The van der Waals surface area contributed by atoms with Gasteiger partial charge in [-0.25, -0.2) is 0 Å². The molecule has 2 nitrogen and oxygen atoms in total. The first-order valence-electron chi connectivity index (χ1n) is 5.64. The highest BCUT2D eigenvalue weighted by Crippen LogP contribution is 2.49. The van der Waals surface area contributed by atoms with Crippen LogP contribution in [0.5, 0.6) is 0 Å². The second kappa shape index (κ2) is 5.32. The molecular weight excluding hydrogens is 256 g/mol. The van der Waals surface area contributed by atoms with Crippen molar-refractivity contribution in [3.05, 3.63) is 34.9 Å². The van der Waals surface area contributed by atoms with Crippen LogP contribution >= 0.6 is 24.2 Å². The highest BCUT2D eigenvalue weighted by molar-refractivity contribution is 7.80. The van der Waals surface area contributed by atoms with Crippen LogP contribution in [0.25, 0.3) is 0 Å². The van der Waals surface area contributed by atoms with Crippen molar-refractivity contribution < 1.29 is 9.53 Å². The van der Waals surface area contributed by atoms with Crippen LogP contribution in [-0.2, 0) is 16.1 Å². The first-order valence-corrected chi connectivity index (χ1v) is 6.66. The Balaban J connectivity index is 1.78. The van der Waals surface area contributed by atoms with E-state index in [0.29, 0.717) is 18.1 Å². The highest BCUT2D eigenvalue weighted by Gasteiger charge is 2.43. The van der Waals surface area contributed by atoms with Gasteiger partial charge < -0.3 is 4.74 Å². The van der Waals surface area contributed by atoms with Crippen molar-refractivity contribution >= 4 is 30.2 Å². The van der Waals surface area contributed by atoms with Crippen molar-refractivity contribution in [3.63, 3.8) is 0 Å². The van der Waals surface area contributed by atoms with Gasteiger partial charge in [-0.2, -0.15) is 12.6 Å². The van der Waals surface area contributed by atoms with Gasteiger partial charge in [-0.3, -0.25) is 4.79 Å². The maximum absolute atomic E-state index is 11.6. The number of carbonyl (C=O) groups excluding carboxylic acids is 1. The number of rotatable bonds is 5. The van der Waals surface area contributed by atoms with E-state index in [1.54, 1.807) is 12.1 Å².